The monoisotopic (exact) mass is 311 g/mol. The molecule has 20 heavy (non-hydrogen) atoms. The SMILES string of the molecule is CC(C)[Si](Oc1cc2c(s1)CCNC2)(C(C)C)C(C)C. The largest absolute Gasteiger partial charge is 0.536 e. The van der Waals surface area contributed by atoms with E-state index in [1.165, 1.54) is 15.5 Å². The van der Waals surface area contributed by atoms with Crippen molar-refractivity contribution in [2.45, 2.75) is 71.1 Å². The lowest BCUT2D eigenvalue weighted by molar-refractivity contribution is 0.490. The summed E-state index contributed by atoms with van der Waals surface area (Å²) in [7, 11) is -1.79. The highest BCUT2D eigenvalue weighted by Crippen LogP contribution is 2.44. The number of fused-ring (bicyclic) bond motifs is 1. The topological polar surface area (TPSA) is 21.3 Å². The number of rotatable bonds is 5. The summed E-state index contributed by atoms with van der Waals surface area (Å²) in [6, 6.07) is 2.29. The van der Waals surface area contributed by atoms with Crippen LogP contribution in [0.25, 0.3) is 0 Å². The molecule has 0 saturated carbocycles. The van der Waals surface area contributed by atoms with Crippen molar-refractivity contribution in [2.24, 2.45) is 0 Å². The van der Waals surface area contributed by atoms with Crippen molar-refractivity contribution in [3.63, 3.8) is 0 Å². The first-order chi connectivity index (χ1) is 9.37. The lowest BCUT2D eigenvalue weighted by Crippen LogP contribution is -2.50. The third-order valence-electron chi connectivity index (χ3n) is 4.70. The van der Waals surface area contributed by atoms with Crippen molar-refractivity contribution in [1.29, 1.82) is 0 Å². The number of hydrogen-bond acceptors (Lipinski definition) is 3. The zero-order valence-corrected chi connectivity index (χ0v) is 15.6. The molecule has 114 valence electrons. The second kappa shape index (κ2) is 6.20. The highest BCUT2D eigenvalue weighted by molar-refractivity contribution is 7.14. The van der Waals surface area contributed by atoms with Crippen LogP contribution in [-0.2, 0) is 13.0 Å². The molecule has 0 saturated heterocycles. The summed E-state index contributed by atoms with van der Waals surface area (Å²) in [4.78, 5) is 1.53. The smallest absolute Gasteiger partial charge is 0.259 e. The molecule has 0 spiro atoms. The first kappa shape index (κ1) is 16.1. The van der Waals surface area contributed by atoms with Crippen molar-refractivity contribution in [1.82, 2.24) is 5.32 Å². The van der Waals surface area contributed by atoms with Crippen molar-refractivity contribution >= 4 is 19.7 Å². The number of hydrogen-bond donors (Lipinski definition) is 1. The van der Waals surface area contributed by atoms with Crippen LogP contribution < -0.4 is 9.74 Å². The van der Waals surface area contributed by atoms with Crippen LogP contribution in [-0.4, -0.2) is 14.9 Å². The van der Waals surface area contributed by atoms with Crippen LogP contribution in [0.5, 0.6) is 5.06 Å². The second-order valence-corrected chi connectivity index (χ2v) is 13.3. The van der Waals surface area contributed by atoms with Crippen molar-refractivity contribution in [2.75, 3.05) is 6.54 Å². The van der Waals surface area contributed by atoms with Gasteiger partial charge in [0.2, 0.25) is 0 Å². The van der Waals surface area contributed by atoms with E-state index in [-0.39, 0.29) is 0 Å². The van der Waals surface area contributed by atoms with Crippen LogP contribution in [0.3, 0.4) is 0 Å². The molecule has 2 nitrogen and oxygen atoms in total. The Kier molecular flexibility index (Phi) is 4.98. The Morgan fingerprint density at radius 1 is 1.10 bits per heavy atom. The van der Waals surface area contributed by atoms with E-state index in [2.05, 4.69) is 52.9 Å². The summed E-state index contributed by atoms with van der Waals surface area (Å²) in [5.74, 6) is 0. The molecular formula is C16H29NOSSi. The van der Waals surface area contributed by atoms with Gasteiger partial charge in [-0.25, -0.2) is 0 Å². The molecule has 0 aliphatic carbocycles. The highest BCUT2D eigenvalue weighted by atomic mass is 32.1. The second-order valence-electron chi connectivity index (χ2n) is 6.86. The zero-order valence-electron chi connectivity index (χ0n) is 13.7. The van der Waals surface area contributed by atoms with Crippen LogP contribution in [0.4, 0.5) is 0 Å². The standard InChI is InChI=1S/C16H29NOSSi/c1-11(2)20(12(3)4,13(5)6)18-16-9-14-10-17-8-7-15(14)19-16/h9,11-13,17H,7-8,10H2,1-6H3. The normalized spacial score (nSPS) is 16.1. The Morgan fingerprint density at radius 2 is 1.70 bits per heavy atom. The van der Waals surface area contributed by atoms with Gasteiger partial charge in [0.05, 0.1) is 0 Å². The Balaban J connectivity index is 2.30. The van der Waals surface area contributed by atoms with Crippen molar-refractivity contribution < 1.29 is 4.43 Å². The fraction of sp³-hybridized carbons (Fsp3) is 0.750. The number of nitrogens with one attached hydrogen (secondary N) is 1. The molecule has 0 radical (unpaired) electrons. The molecular weight excluding hydrogens is 282 g/mol. The minimum absolute atomic E-state index is 0.639. The molecule has 0 amide bonds. The predicted molar refractivity (Wildman–Crippen MR) is 91.4 cm³/mol. The number of thiophene rings is 1. The molecule has 1 aromatic heterocycles. The average molecular weight is 312 g/mol. The predicted octanol–water partition coefficient (Wildman–Crippen LogP) is 4.95. The van der Waals surface area contributed by atoms with E-state index in [1.807, 2.05) is 11.3 Å². The molecule has 0 fully saturated rings. The van der Waals surface area contributed by atoms with Gasteiger partial charge in [0, 0.05) is 18.0 Å². The Hall–Kier alpha value is -0.323. The van der Waals surface area contributed by atoms with Crippen LogP contribution >= 0.6 is 11.3 Å². The summed E-state index contributed by atoms with van der Waals surface area (Å²) < 4.78 is 6.77. The van der Waals surface area contributed by atoms with Crippen LogP contribution in [0.15, 0.2) is 6.07 Å². The molecule has 0 atom stereocenters. The van der Waals surface area contributed by atoms with Gasteiger partial charge in [-0.3, -0.25) is 0 Å². The van der Waals surface area contributed by atoms with Crippen molar-refractivity contribution in [3.05, 3.63) is 16.5 Å². The Bertz CT molecular complexity index is 408. The van der Waals surface area contributed by atoms with Gasteiger partial charge in [0.1, 0.15) is 0 Å². The molecule has 1 aliphatic heterocycles. The first-order valence-electron chi connectivity index (χ1n) is 7.89. The fourth-order valence-electron chi connectivity index (χ4n) is 3.80. The van der Waals surface area contributed by atoms with E-state index in [4.69, 9.17) is 4.43 Å². The maximum Gasteiger partial charge on any atom is 0.259 e. The average Bonchev–Trinajstić information content (AvgIpc) is 2.76. The molecule has 0 unspecified atom stereocenters. The lowest BCUT2D eigenvalue weighted by Gasteiger charge is -2.41. The van der Waals surface area contributed by atoms with Gasteiger partial charge in [-0.2, -0.15) is 0 Å². The quantitative estimate of drug-likeness (QED) is 0.777. The van der Waals surface area contributed by atoms with Gasteiger partial charge in [-0.05, 0) is 34.7 Å². The van der Waals surface area contributed by atoms with E-state index < -0.39 is 8.32 Å². The van der Waals surface area contributed by atoms with Gasteiger partial charge in [-0.1, -0.05) is 41.5 Å². The van der Waals surface area contributed by atoms with Crippen LogP contribution in [0, 0.1) is 0 Å². The zero-order chi connectivity index (χ0) is 14.9. The summed E-state index contributed by atoms with van der Waals surface area (Å²) in [6.07, 6.45) is 1.16. The van der Waals surface area contributed by atoms with Gasteiger partial charge in [0.25, 0.3) is 8.32 Å². The molecule has 1 N–H and O–H groups in total. The van der Waals surface area contributed by atoms with E-state index in [1.54, 1.807) is 0 Å². The summed E-state index contributed by atoms with van der Waals surface area (Å²) in [5, 5.41) is 4.62. The summed E-state index contributed by atoms with van der Waals surface area (Å²) in [6.45, 7) is 16.2. The molecule has 2 rings (SSSR count). The summed E-state index contributed by atoms with van der Waals surface area (Å²) >= 11 is 1.89. The van der Waals surface area contributed by atoms with Gasteiger partial charge in [0.15, 0.2) is 5.06 Å². The Labute approximate surface area is 129 Å². The lowest BCUT2D eigenvalue weighted by atomic mass is 10.1. The molecule has 1 aromatic rings. The fourth-order valence-corrected chi connectivity index (χ4v) is 10.4. The molecule has 4 heteroatoms. The van der Waals surface area contributed by atoms with Crippen molar-refractivity contribution in [3.8, 4) is 5.06 Å². The first-order valence-corrected chi connectivity index (χ1v) is 10.8. The van der Waals surface area contributed by atoms with Gasteiger partial charge >= 0.3 is 0 Å². The third kappa shape index (κ3) is 2.83. The van der Waals surface area contributed by atoms with Crippen LogP contribution in [0.1, 0.15) is 52.0 Å². The minimum atomic E-state index is -1.79. The molecule has 2 heterocycles. The molecule has 1 aliphatic rings. The van der Waals surface area contributed by atoms with E-state index in [9.17, 15) is 0 Å². The maximum absolute atomic E-state index is 6.77. The van der Waals surface area contributed by atoms with Gasteiger partial charge < -0.3 is 9.74 Å². The minimum Gasteiger partial charge on any atom is -0.536 e. The molecule has 0 aromatic carbocycles. The molecule has 0 bridgehead atoms. The highest BCUT2D eigenvalue weighted by Gasteiger charge is 2.47. The maximum atomic E-state index is 6.77. The Morgan fingerprint density at radius 3 is 2.20 bits per heavy atom. The van der Waals surface area contributed by atoms with E-state index in [0.29, 0.717) is 16.6 Å². The summed E-state index contributed by atoms with van der Waals surface area (Å²) in [5.41, 5.74) is 3.37. The van der Waals surface area contributed by atoms with Gasteiger partial charge in [-0.15, -0.1) is 11.3 Å². The van der Waals surface area contributed by atoms with E-state index >= 15 is 0 Å². The third-order valence-corrected chi connectivity index (χ3v) is 12.0. The van der Waals surface area contributed by atoms with E-state index in [0.717, 1.165) is 19.5 Å². The van der Waals surface area contributed by atoms with Crippen LogP contribution in [0.2, 0.25) is 16.6 Å².